The third-order valence-corrected chi connectivity index (χ3v) is 3.21. The lowest BCUT2D eigenvalue weighted by Crippen LogP contribution is -1.94. The van der Waals surface area contributed by atoms with Crippen LogP contribution in [0.25, 0.3) is 0 Å². The first-order chi connectivity index (χ1) is 7.70. The maximum atomic E-state index is 10.8. The molecule has 0 amide bonds. The minimum Gasteiger partial charge on any atom is -0.298 e. The van der Waals surface area contributed by atoms with E-state index < -0.39 is 0 Å². The van der Waals surface area contributed by atoms with Gasteiger partial charge in [-0.05, 0) is 36.9 Å². The predicted molar refractivity (Wildman–Crippen MR) is 61.7 cm³/mol. The molecule has 0 bridgehead atoms. The van der Waals surface area contributed by atoms with Gasteiger partial charge in [0.2, 0.25) is 0 Å². The summed E-state index contributed by atoms with van der Waals surface area (Å²) in [7, 11) is 1.87. The van der Waals surface area contributed by atoms with E-state index in [1.807, 2.05) is 20.0 Å². The van der Waals surface area contributed by atoms with Crippen molar-refractivity contribution in [1.82, 2.24) is 14.8 Å². The quantitative estimate of drug-likeness (QED) is 0.762. The topological polar surface area (TPSA) is 47.8 Å². The molecule has 0 radical (unpaired) electrons. The highest BCUT2D eigenvalue weighted by atomic mass is 32.2. The van der Waals surface area contributed by atoms with E-state index >= 15 is 0 Å². The highest BCUT2D eigenvalue weighted by Gasteiger charge is 2.08. The number of pyridine rings is 1. The predicted octanol–water partition coefficient (Wildman–Crippen LogP) is 2.09. The van der Waals surface area contributed by atoms with Crippen LogP contribution >= 0.6 is 11.8 Å². The fourth-order valence-electron chi connectivity index (χ4n) is 1.36. The van der Waals surface area contributed by atoms with Crippen LogP contribution in [0.2, 0.25) is 0 Å². The van der Waals surface area contributed by atoms with Gasteiger partial charge in [-0.1, -0.05) is 0 Å². The van der Waals surface area contributed by atoms with Crippen molar-refractivity contribution in [3.8, 4) is 0 Å². The Morgan fingerprint density at radius 1 is 1.50 bits per heavy atom. The molecular weight excluding hydrogens is 222 g/mol. The Kier molecular flexibility index (Phi) is 3.05. The zero-order valence-electron chi connectivity index (χ0n) is 9.04. The third-order valence-electron chi connectivity index (χ3n) is 2.09. The fraction of sp³-hybridized carbons (Fsp3) is 0.182. The summed E-state index contributed by atoms with van der Waals surface area (Å²) in [4.78, 5) is 15.0. The number of aldehydes is 1. The lowest BCUT2D eigenvalue weighted by atomic mass is 10.3. The van der Waals surface area contributed by atoms with E-state index in [9.17, 15) is 4.79 Å². The third kappa shape index (κ3) is 2.14. The van der Waals surface area contributed by atoms with Crippen LogP contribution in [0.1, 0.15) is 16.1 Å². The normalized spacial score (nSPS) is 10.4. The standard InChI is InChI=1S/C11H11N3OS/c1-8-6-10(14(2)13-8)16-11-9(7-15)4-3-5-12-11/h3-7H,1-2H3. The van der Waals surface area contributed by atoms with Gasteiger partial charge in [0.15, 0.2) is 6.29 Å². The zero-order chi connectivity index (χ0) is 11.5. The second-order valence-corrected chi connectivity index (χ2v) is 4.37. The van der Waals surface area contributed by atoms with E-state index in [4.69, 9.17) is 0 Å². The van der Waals surface area contributed by atoms with Crippen molar-refractivity contribution in [2.75, 3.05) is 0 Å². The minimum atomic E-state index is 0.603. The molecule has 0 aliphatic rings. The van der Waals surface area contributed by atoms with Crippen LogP contribution in [0.4, 0.5) is 0 Å². The van der Waals surface area contributed by atoms with E-state index in [-0.39, 0.29) is 0 Å². The zero-order valence-corrected chi connectivity index (χ0v) is 9.86. The van der Waals surface area contributed by atoms with Gasteiger partial charge in [-0.25, -0.2) is 4.98 Å². The molecule has 0 aromatic carbocycles. The number of hydrogen-bond acceptors (Lipinski definition) is 4. The number of hydrogen-bond donors (Lipinski definition) is 0. The molecule has 82 valence electrons. The van der Waals surface area contributed by atoms with Crippen molar-refractivity contribution in [2.24, 2.45) is 7.05 Å². The maximum Gasteiger partial charge on any atom is 0.152 e. The molecule has 0 aliphatic heterocycles. The molecule has 4 nitrogen and oxygen atoms in total. The summed E-state index contributed by atoms with van der Waals surface area (Å²) < 4.78 is 1.78. The molecule has 2 heterocycles. The molecule has 0 fully saturated rings. The van der Waals surface area contributed by atoms with Crippen molar-refractivity contribution < 1.29 is 4.79 Å². The maximum absolute atomic E-state index is 10.8. The molecule has 2 aromatic rings. The average Bonchev–Trinajstić information content (AvgIpc) is 2.58. The molecule has 0 spiro atoms. The van der Waals surface area contributed by atoms with Gasteiger partial charge in [-0.2, -0.15) is 5.10 Å². The molecule has 0 atom stereocenters. The minimum absolute atomic E-state index is 0.603. The molecule has 2 rings (SSSR count). The molecule has 5 heteroatoms. The number of carbonyl (C=O) groups is 1. The highest BCUT2D eigenvalue weighted by molar-refractivity contribution is 7.99. The molecule has 2 aromatic heterocycles. The van der Waals surface area contributed by atoms with Crippen molar-refractivity contribution in [3.63, 3.8) is 0 Å². The first kappa shape index (κ1) is 10.9. The van der Waals surface area contributed by atoms with E-state index in [2.05, 4.69) is 10.1 Å². The van der Waals surface area contributed by atoms with Gasteiger partial charge in [0, 0.05) is 18.8 Å². The molecule has 0 unspecified atom stereocenters. The van der Waals surface area contributed by atoms with Gasteiger partial charge in [0.1, 0.15) is 10.1 Å². The molecule has 0 saturated heterocycles. The summed E-state index contributed by atoms with van der Waals surface area (Å²) in [5, 5.41) is 5.92. The number of aromatic nitrogens is 3. The van der Waals surface area contributed by atoms with Crippen LogP contribution < -0.4 is 0 Å². The largest absolute Gasteiger partial charge is 0.298 e. The van der Waals surface area contributed by atoms with Crippen LogP contribution in [-0.2, 0) is 7.05 Å². The second-order valence-electron chi connectivity index (χ2n) is 3.37. The Bertz CT molecular complexity index is 522. The van der Waals surface area contributed by atoms with Gasteiger partial charge >= 0.3 is 0 Å². The number of nitrogens with zero attached hydrogens (tertiary/aromatic N) is 3. The van der Waals surface area contributed by atoms with Crippen LogP contribution in [0.5, 0.6) is 0 Å². The average molecular weight is 233 g/mol. The smallest absolute Gasteiger partial charge is 0.152 e. The van der Waals surface area contributed by atoms with E-state index in [1.54, 1.807) is 23.0 Å². The Balaban J connectivity index is 2.33. The number of carbonyl (C=O) groups excluding carboxylic acids is 1. The Hall–Kier alpha value is -1.62. The summed E-state index contributed by atoms with van der Waals surface area (Å²) >= 11 is 1.44. The second kappa shape index (κ2) is 4.49. The Labute approximate surface area is 97.7 Å². The summed E-state index contributed by atoms with van der Waals surface area (Å²) in [6.45, 7) is 1.93. The van der Waals surface area contributed by atoms with Crippen molar-refractivity contribution in [3.05, 3.63) is 35.7 Å². The van der Waals surface area contributed by atoms with Crippen molar-refractivity contribution in [1.29, 1.82) is 0 Å². The fourth-order valence-corrected chi connectivity index (χ4v) is 2.31. The summed E-state index contributed by atoms with van der Waals surface area (Å²) in [5.74, 6) is 0. The van der Waals surface area contributed by atoms with E-state index in [0.717, 1.165) is 17.0 Å². The van der Waals surface area contributed by atoms with Gasteiger partial charge < -0.3 is 0 Å². The number of rotatable bonds is 3. The van der Waals surface area contributed by atoms with Gasteiger partial charge in [-0.15, -0.1) is 0 Å². The van der Waals surface area contributed by atoms with Crippen molar-refractivity contribution >= 4 is 18.0 Å². The molecule has 0 aliphatic carbocycles. The van der Waals surface area contributed by atoms with Crippen LogP contribution in [0.3, 0.4) is 0 Å². The highest BCUT2D eigenvalue weighted by Crippen LogP contribution is 2.27. The first-order valence-corrected chi connectivity index (χ1v) is 5.61. The van der Waals surface area contributed by atoms with Gasteiger partial charge in [0.25, 0.3) is 0 Å². The van der Waals surface area contributed by atoms with E-state index in [0.29, 0.717) is 10.6 Å². The summed E-state index contributed by atoms with van der Waals surface area (Å²) in [6.07, 6.45) is 2.50. The van der Waals surface area contributed by atoms with Gasteiger partial charge in [-0.3, -0.25) is 9.48 Å². The Morgan fingerprint density at radius 3 is 2.94 bits per heavy atom. The van der Waals surface area contributed by atoms with Gasteiger partial charge in [0.05, 0.1) is 5.69 Å². The lowest BCUT2D eigenvalue weighted by molar-refractivity contribution is 0.112. The summed E-state index contributed by atoms with van der Waals surface area (Å²) in [6, 6.07) is 5.47. The molecule has 0 saturated carbocycles. The van der Waals surface area contributed by atoms with Crippen LogP contribution in [0.15, 0.2) is 34.4 Å². The molecular formula is C11H11N3OS. The summed E-state index contributed by atoms with van der Waals surface area (Å²) in [5.41, 5.74) is 1.56. The SMILES string of the molecule is Cc1cc(Sc2ncccc2C=O)n(C)n1. The first-order valence-electron chi connectivity index (χ1n) is 4.79. The monoisotopic (exact) mass is 233 g/mol. The molecule has 16 heavy (non-hydrogen) atoms. The lowest BCUT2D eigenvalue weighted by Gasteiger charge is -2.02. The van der Waals surface area contributed by atoms with Crippen molar-refractivity contribution in [2.45, 2.75) is 17.0 Å². The van der Waals surface area contributed by atoms with Crippen LogP contribution in [-0.4, -0.2) is 21.1 Å². The van der Waals surface area contributed by atoms with E-state index in [1.165, 1.54) is 11.8 Å². The Morgan fingerprint density at radius 2 is 2.31 bits per heavy atom. The molecule has 0 N–H and O–H groups in total. The van der Waals surface area contributed by atoms with Crippen LogP contribution in [0, 0.1) is 6.92 Å². The number of aryl methyl sites for hydroxylation is 2.